The van der Waals surface area contributed by atoms with Gasteiger partial charge < -0.3 is 14.5 Å². The number of halogens is 3. The van der Waals surface area contributed by atoms with Gasteiger partial charge >= 0.3 is 0 Å². The van der Waals surface area contributed by atoms with Crippen molar-refractivity contribution in [3.63, 3.8) is 0 Å². The van der Waals surface area contributed by atoms with Crippen LogP contribution in [0.25, 0.3) is 0 Å². The van der Waals surface area contributed by atoms with E-state index >= 15 is 0 Å². The smallest absolute Gasteiger partial charge is 0.263 e. The molecule has 0 bridgehead atoms. The van der Waals surface area contributed by atoms with E-state index in [1.54, 1.807) is 30.5 Å². The zero-order valence-electron chi connectivity index (χ0n) is 12.2. The summed E-state index contributed by atoms with van der Waals surface area (Å²) in [7, 11) is 0. The van der Waals surface area contributed by atoms with Crippen LogP contribution in [0.1, 0.15) is 11.3 Å². The largest absolute Gasteiger partial charge is 0.623 e. The van der Waals surface area contributed by atoms with Crippen molar-refractivity contribution < 1.29 is 9.16 Å². The van der Waals surface area contributed by atoms with Crippen molar-refractivity contribution in [3.05, 3.63) is 58.1 Å². The fraction of sp³-hybridized carbons (Fsp3) is 0.312. The normalized spacial score (nSPS) is 18.0. The van der Waals surface area contributed by atoms with Crippen molar-refractivity contribution in [3.8, 4) is 0 Å². The molecule has 0 fully saturated rings. The van der Waals surface area contributed by atoms with Gasteiger partial charge in [-0.1, -0.05) is 11.6 Å². The van der Waals surface area contributed by atoms with E-state index in [-0.39, 0.29) is 12.6 Å². The number of benzodiazepines with no additional fused rings is 1. The van der Waals surface area contributed by atoms with E-state index < -0.39 is 0 Å². The number of nitrogens with zero attached hydrogens (tertiary/aromatic N) is 2. The van der Waals surface area contributed by atoms with E-state index in [0.29, 0.717) is 34.8 Å². The lowest BCUT2D eigenvalue weighted by atomic mass is 10.0. The summed E-state index contributed by atoms with van der Waals surface area (Å²) >= 11 is 18.2. The second-order valence-electron chi connectivity index (χ2n) is 5.24. The molecule has 1 aliphatic heterocycles. The summed E-state index contributed by atoms with van der Waals surface area (Å²) in [5, 5.41) is 13.3. The molecule has 0 spiro atoms. The molecule has 4 nitrogen and oxygen atoms in total. The Hall–Kier alpha value is -1.36. The Morgan fingerprint density at radius 2 is 2.13 bits per heavy atom. The van der Waals surface area contributed by atoms with Crippen LogP contribution in [-0.4, -0.2) is 41.3 Å². The summed E-state index contributed by atoms with van der Waals surface area (Å²) in [6.45, 7) is 0.815. The number of hydrogen-bond acceptors (Lipinski definition) is 3. The van der Waals surface area contributed by atoms with Crippen molar-refractivity contribution in [2.24, 2.45) is 0 Å². The van der Waals surface area contributed by atoms with E-state index in [4.69, 9.17) is 39.2 Å². The number of rotatable bonds is 4. The maximum atomic E-state index is 12.8. The zero-order valence-corrected chi connectivity index (χ0v) is 14.5. The molecule has 0 saturated carbocycles. The van der Waals surface area contributed by atoms with Gasteiger partial charge in [0.05, 0.1) is 17.5 Å². The molecule has 1 aromatic heterocycles. The maximum Gasteiger partial charge on any atom is 0.263 e. The van der Waals surface area contributed by atoms with Crippen LogP contribution in [0.2, 0.25) is 5.02 Å². The SMILES string of the molecule is [O-][N+]1=C(c2ccco2)c2cc(Cl)ccc2N(CCCl)C(CCl)C1. The minimum absolute atomic E-state index is 0.152. The molecule has 2 heterocycles. The van der Waals surface area contributed by atoms with Gasteiger partial charge in [-0.15, -0.1) is 23.2 Å². The lowest BCUT2D eigenvalue weighted by molar-refractivity contribution is -0.458. The maximum absolute atomic E-state index is 12.8. The lowest BCUT2D eigenvalue weighted by Crippen LogP contribution is -2.42. The average Bonchev–Trinajstić information content (AvgIpc) is 3.02. The average molecular weight is 374 g/mol. The van der Waals surface area contributed by atoms with E-state index in [0.717, 1.165) is 16.0 Å². The molecular weight excluding hydrogens is 359 g/mol. The van der Waals surface area contributed by atoms with Crippen LogP contribution in [0, 0.1) is 5.21 Å². The van der Waals surface area contributed by atoms with E-state index in [1.165, 1.54) is 0 Å². The minimum Gasteiger partial charge on any atom is -0.623 e. The van der Waals surface area contributed by atoms with Gasteiger partial charge in [-0.3, -0.25) is 0 Å². The van der Waals surface area contributed by atoms with Crippen molar-refractivity contribution in [2.45, 2.75) is 6.04 Å². The Bertz CT molecular complexity index is 716. The highest BCUT2D eigenvalue weighted by molar-refractivity contribution is 6.31. The quantitative estimate of drug-likeness (QED) is 0.463. The highest BCUT2D eigenvalue weighted by Crippen LogP contribution is 2.31. The van der Waals surface area contributed by atoms with Gasteiger partial charge in [0.25, 0.3) is 5.71 Å². The molecule has 1 aliphatic rings. The van der Waals surface area contributed by atoms with Crippen LogP contribution >= 0.6 is 34.8 Å². The van der Waals surface area contributed by atoms with Gasteiger partial charge in [-0.25, -0.2) is 0 Å². The van der Waals surface area contributed by atoms with Crippen LogP contribution in [0.4, 0.5) is 5.69 Å². The van der Waals surface area contributed by atoms with Crippen LogP contribution in [-0.2, 0) is 0 Å². The first kappa shape index (κ1) is 16.5. The molecule has 0 N–H and O–H groups in total. The summed E-state index contributed by atoms with van der Waals surface area (Å²) in [5.74, 6) is 1.26. The molecule has 0 amide bonds. The third-order valence-corrected chi connectivity index (χ3v) is 4.61. The Labute approximate surface area is 149 Å². The van der Waals surface area contributed by atoms with E-state index in [9.17, 15) is 5.21 Å². The van der Waals surface area contributed by atoms with Crippen LogP contribution < -0.4 is 4.90 Å². The summed E-state index contributed by atoms with van der Waals surface area (Å²) in [5.41, 5.74) is 2.06. The lowest BCUT2D eigenvalue weighted by Gasteiger charge is -2.29. The van der Waals surface area contributed by atoms with Crippen LogP contribution in [0.5, 0.6) is 0 Å². The molecule has 1 atom stereocenters. The predicted octanol–water partition coefficient (Wildman–Crippen LogP) is 3.95. The Balaban J connectivity index is 2.23. The number of hydroxylamine groups is 1. The number of furan rings is 1. The molecular formula is C16H15Cl3N2O2. The van der Waals surface area contributed by atoms with Crippen molar-refractivity contribution in [1.29, 1.82) is 0 Å². The summed E-state index contributed by atoms with van der Waals surface area (Å²) in [4.78, 5) is 2.06. The molecule has 0 saturated heterocycles. The molecule has 0 radical (unpaired) electrons. The van der Waals surface area contributed by atoms with Gasteiger partial charge in [0.2, 0.25) is 0 Å². The molecule has 23 heavy (non-hydrogen) atoms. The standard InChI is InChI=1S/C16H15Cl3N2O2/c17-5-6-20-12(9-18)10-21(22)16(15-2-1-7-23-15)13-8-11(19)3-4-14(13)20/h1-4,7-8,12H,5-6,9-10H2. The summed E-state index contributed by atoms with van der Waals surface area (Å²) < 4.78 is 6.39. The van der Waals surface area contributed by atoms with Gasteiger partial charge in [0.15, 0.2) is 12.3 Å². The summed E-state index contributed by atoms with van der Waals surface area (Å²) in [6.07, 6.45) is 1.54. The monoisotopic (exact) mass is 372 g/mol. The molecule has 0 aliphatic carbocycles. The third-order valence-electron chi connectivity index (χ3n) is 3.85. The van der Waals surface area contributed by atoms with Crippen molar-refractivity contribution in [1.82, 2.24) is 0 Å². The Kier molecular flexibility index (Phi) is 5.05. The Morgan fingerprint density at radius 3 is 2.78 bits per heavy atom. The fourth-order valence-corrected chi connectivity index (χ4v) is 3.47. The number of hydrogen-bond donors (Lipinski definition) is 0. The number of fused-ring (bicyclic) bond motifs is 1. The second kappa shape index (κ2) is 7.04. The number of benzene rings is 1. The Morgan fingerprint density at radius 1 is 1.30 bits per heavy atom. The van der Waals surface area contributed by atoms with Crippen molar-refractivity contribution in [2.75, 3.05) is 29.7 Å². The molecule has 7 heteroatoms. The first-order valence-corrected chi connectivity index (χ1v) is 8.64. The fourth-order valence-electron chi connectivity index (χ4n) is 2.86. The molecule has 1 unspecified atom stereocenters. The first-order valence-electron chi connectivity index (χ1n) is 7.19. The molecule has 122 valence electrons. The van der Waals surface area contributed by atoms with Crippen LogP contribution in [0.15, 0.2) is 41.0 Å². The molecule has 3 rings (SSSR count). The van der Waals surface area contributed by atoms with Crippen molar-refractivity contribution >= 4 is 46.2 Å². The number of alkyl halides is 2. The predicted molar refractivity (Wildman–Crippen MR) is 94.4 cm³/mol. The highest BCUT2D eigenvalue weighted by Gasteiger charge is 2.33. The highest BCUT2D eigenvalue weighted by atomic mass is 35.5. The van der Waals surface area contributed by atoms with Gasteiger partial charge in [0, 0.05) is 23.3 Å². The summed E-state index contributed by atoms with van der Waals surface area (Å²) in [6, 6.07) is 8.83. The molecule has 1 aromatic carbocycles. The van der Waals surface area contributed by atoms with Crippen LogP contribution in [0.3, 0.4) is 0 Å². The second-order valence-corrected chi connectivity index (χ2v) is 6.36. The van der Waals surface area contributed by atoms with E-state index in [2.05, 4.69) is 4.90 Å². The minimum atomic E-state index is -0.152. The van der Waals surface area contributed by atoms with E-state index in [1.807, 2.05) is 6.07 Å². The molecule has 2 aromatic rings. The third kappa shape index (κ3) is 3.16. The van der Waals surface area contributed by atoms with Gasteiger partial charge in [0.1, 0.15) is 6.04 Å². The first-order chi connectivity index (χ1) is 11.2. The number of anilines is 1. The van der Waals surface area contributed by atoms with Gasteiger partial charge in [-0.05, 0) is 30.3 Å². The topological polar surface area (TPSA) is 42.5 Å². The zero-order chi connectivity index (χ0) is 16.4. The van der Waals surface area contributed by atoms with Gasteiger partial charge in [-0.2, -0.15) is 4.74 Å².